The van der Waals surface area contributed by atoms with Crippen molar-refractivity contribution >= 4 is 11.6 Å². The third-order valence-electron chi connectivity index (χ3n) is 2.99. The van der Waals surface area contributed by atoms with Crippen LogP contribution in [0.4, 0.5) is 5.69 Å². The molecule has 1 aromatic rings. The lowest BCUT2D eigenvalue weighted by molar-refractivity contribution is 0.0995. The number of amides is 1. The number of nitrogens with one attached hydrogen (secondary N) is 1. The number of hydrogen-bond donors (Lipinski definition) is 2. The predicted octanol–water partition coefficient (Wildman–Crippen LogP) is -0.0214. The van der Waals surface area contributed by atoms with Crippen LogP contribution >= 0.6 is 0 Å². The van der Waals surface area contributed by atoms with E-state index in [-0.39, 0.29) is 0 Å². The van der Waals surface area contributed by atoms with Gasteiger partial charge in [-0.3, -0.25) is 9.78 Å². The van der Waals surface area contributed by atoms with E-state index in [4.69, 9.17) is 5.73 Å². The number of hydrogen-bond acceptors (Lipinski definition) is 4. The number of aromatic nitrogens is 1. The van der Waals surface area contributed by atoms with Gasteiger partial charge in [0.15, 0.2) is 0 Å². The first-order valence-corrected chi connectivity index (χ1v) is 5.38. The Morgan fingerprint density at radius 1 is 1.69 bits per heavy atom. The fraction of sp³-hybridized carbons (Fsp3) is 0.455. The first-order valence-electron chi connectivity index (χ1n) is 5.38. The van der Waals surface area contributed by atoms with E-state index >= 15 is 0 Å². The maximum atomic E-state index is 11.0. The van der Waals surface area contributed by atoms with E-state index < -0.39 is 5.91 Å². The SMILES string of the molecule is CN(c1ccnc(C(N)=O)c1)C1CCNC1. The van der Waals surface area contributed by atoms with Gasteiger partial charge in [0, 0.05) is 31.5 Å². The molecule has 0 radical (unpaired) electrons. The summed E-state index contributed by atoms with van der Waals surface area (Å²) >= 11 is 0. The number of anilines is 1. The quantitative estimate of drug-likeness (QED) is 0.751. The largest absolute Gasteiger partial charge is 0.370 e. The highest BCUT2D eigenvalue weighted by Crippen LogP contribution is 2.18. The molecule has 1 fully saturated rings. The van der Waals surface area contributed by atoms with Crippen molar-refractivity contribution in [1.29, 1.82) is 0 Å². The Bertz CT molecular complexity index is 387. The van der Waals surface area contributed by atoms with E-state index in [0.717, 1.165) is 25.2 Å². The van der Waals surface area contributed by atoms with Crippen LogP contribution < -0.4 is 16.0 Å². The number of rotatable bonds is 3. The molecule has 2 rings (SSSR count). The van der Waals surface area contributed by atoms with Crippen LogP contribution in [0, 0.1) is 0 Å². The van der Waals surface area contributed by atoms with Crippen LogP contribution in [-0.4, -0.2) is 37.1 Å². The van der Waals surface area contributed by atoms with E-state index in [9.17, 15) is 4.79 Å². The zero-order valence-electron chi connectivity index (χ0n) is 9.31. The minimum atomic E-state index is -0.486. The molecule has 3 N–H and O–H groups in total. The molecular weight excluding hydrogens is 204 g/mol. The van der Waals surface area contributed by atoms with Crippen molar-refractivity contribution in [1.82, 2.24) is 10.3 Å². The van der Waals surface area contributed by atoms with Crippen LogP contribution in [0.15, 0.2) is 18.3 Å². The molecule has 5 heteroatoms. The molecule has 16 heavy (non-hydrogen) atoms. The number of primary amides is 1. The zero-order valence-corrected chi connectivity index (χ0v) is 9.31. The molecule has 0 aromatic carbocycles. The predicted molar refractivity (Wildman–Crippen MR) is 62.4 cm³/mol. The fourth-order valence-corrected chi connectivity index (χ4v) is 1.95. The number of pyridine rings is 1. The van der Waals surface area contributed by atoms with Gasteiger partial charge >= 0.3 is 0 Å². The van der Waals surface area contributed by atoms with E-state index in [2.05, 4.69) is 15.2 Å². The highest BCUT2D eigenvalue weighted by atomic mass is 16.1. The van der Waals surface area contributed by atoms with E-state index in [1.165, 1.54) is 0 Å². The molecule has 1 aromatic heterocycles. The number of carbonyl (C=O) groups excluding carboxylic acids is 1. The summed E-state index contributed by atoms with van der Waals surface area (Å²) in [5, 5.41) is 3.31. The third-order valence-corrected chi connectivity index (χ3v) is 2.99. The van der Waals surface area contributed by atoms with Crippen molar-refractivity contribution in [2.45, 2.75) is 12.5 Å². The average Bonchev–Trinajstić information content (AvgIpc) is 2.81. The molecule has 0 bridgehead atoms. The van der Waals surface area contributed by atoms with Crippen molar-refractivity contribution in [3.63, 3.8) is 0 Å². The Hall–Kier alpha value is -1.62. The Morgan fingerprint density at radius 2 is 2.50 bits per heavy atom. The molecule has 1 unspecified atom stereocenters. The van der Waals surface area contributed by atoms with Gasteiger partial charge in [0.2, 0.25) is 0 Å². The Labute approximate surface area is 94.6 Å². The highest BCUT2D eigenvalue weighted by Gasteiger charge is 2.19. The minimum Gasteiger partial charge on any atom is -0.370 e. The van der Waals surface area contributed by atoms with Crippen molar-refractivity contribution in [2.75, 3.05) is 25.0 Å². The molecule has 86 valence electrons. The Kier molecular flexibility index (Phi) is 3.05. The Morgan fingerprint density at radius 3 is 3.12 bits per heavy atom. The average molecular weight is 220 g/mol. The molecule has 0 saturated carbocycles. The lowest BCUT2D eigenvalue weighted by Gasteiger charge is -2.26. The molecule has 1 amide bonds. The molecule has 5 nitrogen and oxygen atoms in total. The van der Waals surface area contributed by atoms with Gasteiger partial charge in [0.1, 0.15) is 5.69 Å². The summed E-state index contributed by atoms with van der Waals surface area (Å²) in [5.41, 5.74) is 6.50. The van der Waals surface area contributed by atoms with Crippen LogP contribution in [0.1, 0.15) is 16.9 Å². The molecule has 2 heterocycles. The number of likely N-dealkylation sites (N-methyl/N-ethyl adjacent to an activating group) is 1. The van der Waals surface area contributed by atoms with Crippen LogP contribution in [0.3, 0.4) is 0 Å². The van der Waals surface area contributed by atoms with Crippen molar-refractivity contribution < 1.29 is 4.79 Å². The zero-order chi connectivity index (χ0) is 11.5. The second kappa shape index (κ2) is 4.49. The van der Waals surface area contributed by atoms with Crippen LogP contribution in [0.25, 0.3) is 0 Å². The monoisotopic (exact) mass is 220 g/mol. The van der Waals surface area contributed by atoms with E-state index in [1.807, 2.05) is 13.1 Å². The molecule has 1 aliphatic rings. The molecule has 1 saturated heterocycles. The number of carbonyl (C=O) groups is 1. The van der Waals surface area contributed by atoms with Gasteiger partial charge in [0.25, 0.3) is 5.91 Å². The number of nitrogens with two attached hydrogens (primary N) is 1. The second-order valence-corrected chi connectivity index (χ2v) is 4.02. The summed E-state index contributed by atoms with van der Waals surface area (Å²) in [6.45, 7) is 2.02. The summed E-state index contributed by atoms with van der Waals surface area (Å²) in [5.74, 6) is -0.486. The molecule has 1 atom stereocenters. The summed E-state index contributed by atoms with van der Waals surface area (Å²) in [4.78, 5) is 17.1. The summed E-state index contributed by atoms with van der Waals surface area (Å²) < 4.78 is 0. The van der Waals surface area contributed by atoms with Gasteiger partial charge in [-0.15, -0.1) is 0 Å². The van der Waals surface area contributed by atoms with Crippen LogP contribution in [-0.2, 0) is 0 Å². The smallest absolute Gasteiger partial charge is 0.267 e. The maximum absolute atomic E-state index is 11.0. The van der Waals surface area contributed by atoms with Crippen LogP contribution in [0.2, 0.25) is 0 Å². The maximum Gasteiger partial charge on any atom is 0.267 e. The molecule has 0 aliphatic carbocycles. The van der Waals surface area contributed by atoms with Crippen molar-refractivity contribution in [3.8, 4) is 0 Å². The number of nitrogens with zero attached hydrogens (tertiary/aromatic N) is 2. The van der Waals surface area contributed by atoms with E-state index in [1.54, 1.807) is 12.3 Å². The topological polar surface area (TPSA) is 71.2 Å². The normalized spacial score (nSPS) is 19.7. The second-order valence-electron chi connectivity index (χ2n) is 4.02. The molecular formula is C11H16N4O. The first kappa shape index (κ1) is 10.9. The summed E-state index contributed by atoms with van der Waals surface area (Å²) in [6, 6.07) is 4.11. The Balaban J connectivity index is 2.18. The van der Waals surface area contributed by atoms with Gasteiger partial charge in [-0.2, -0.15) is 0 Å². The summed E-state index contributed by atoms with van der Waals surface area (Å²) in [6.07, 6.45) is 2.74. The molecule has 1 aliphatic heterocycles. The lowest BCUT2D eigenvalue weighted by Crippen LogP contribution is -2.33. The summed E-state index contributed by atoms with van der Waals surface area (Å²) in [7, 11) is 2.03. The lowest BCUT2D eigenvalue weighted by atomic mass is 10.2. The van der Waals surface area contributed by atoms with Crippen molar-refractivity contribution in [2.24, 2.45) is 5.73 Å². The van der Waals surface area contributed by atoms with Gasteiger partial charge < -0.3 is 16.0 Å². The van der Waals surface area contributed by atoms with E-state index in [0.29, 0.717) is 11.7 Å². The van der Waals surface area contributed by atoms with Crippen molar-refractivity contribution in [3.05, 3.63) is 24.0 Å². The van der Waals surface area contributed by atoms with Gasteiger partial charge in [-0.05, 0) is 25.1 Å². The third kappa shape index (κ3) is 2.14. The standard InChI is InChI=1S/C11H16N4O/c1-15(9-2-4-13-7-9)8-3-5-14-10(6-8)11(12)16/h3,5-6,9,13H,2,4,7H2,1H3,(H2,12,16). The van der Waals surface area contributed by atoms with Gasteiger partial charge in [0.05, 0.1) is 0 Å². The van der Waals surface area contributed by atoms with Crippen LogP contribution in [0.5, 0.6) is 0 Å². The van der Waals surface area contributed by atoms with Gasteiger partial charge in [-0.25, -0.2) is 0 Å². The first-order chi connectivity index (χ1) is 7.68. The molecule has 0 spiro atoms. The highest BCUT2D eigenvalue weighted by molar-refractivity contribution is 5.91. The minimum absolute atomic E-state index is 0.315. The fourth-order valence-electron chi connectivity index (χ4n) is 1.95. The van der Waals surface area contributed by atoms with Gasteiger partial charge in [-0.1, -0.05) is 0 Å².